The monoisotopic (exact) mass is 278 g/mol. The van der Waals surface area contributed by atoms with Gasteiger partial charge < -0.3 is 0 Å². The fourth-order valence-corrected chi connectivity index (χ4v) is 2.20. The molecule has 1 N–H and O–H groups in total. The van der Waals surface area contributed by atoms with Crippen LogP contribution >= 0.6 is 0 Å². The highest BCUT2D eigenvalue weighted by atomic mass is 16.6. The quantitative estimate of drug-likeness (QED) is 0.505. The minimum atomic E-state index is -0.668. The molecular formula is C12H14N4O4. The Morgan fingerprint density at radius 2 is 1.90 bits per heavy atom. The lowest BCUT2D eigenvalue weighted by Crippen LogP contribution is -2.01. The van der Waals surface area contributed by atoms with Gasteiger partial charge in [-0.1, -0.05) is 12.8 Å². The number of non-ortho nitro benzene ring substituents is 1. The van der Waals surface area contributed by atoms with Gasteiger partial charge in [-0.3, -0.25) is 25.7 Å². The lowest BCUT2D eigenvalue weighted by Gasteiger charge is -2.03. The molecule has 106 valence electrons. The Balaban J connectivity index is 2.13. The van der Waals surface area contributed by atoms with Gasteiger partial charge in [-0.2, -0.15) is 5.10 Å². The molecule has 0 heterocycles. The second kappa shape index (κ2) is 6.09. The van der Waals surface area contributed by atoms with Crippen LogP contribution < -0.4 is 5.43 Å². The van der Waals surface area contributed by atoms with E-state index in [4.69, 9.17) is 0 Å². The first-order valence-corrected chi connectivity index (χ1v) is 6.30. The summed E-state index contributed by atoms with van der Waals surface area (Å²) in [6.45, 7) is 0. The SMILES string of the molecule is O=[N+]([O-])c1ccc(N/N=C/C2CCCC2)c([N+](=O)[O-])c1. The van der Waals surface area contributed by atoms with Crippen molar-refractivity contribution in [2.75, 3.05) is 5.43 Å². The van der Waals surface area contributed by atoms with Gasteiger partial charge in [0.1, 0.15) is 5.69 Å². The molecule has 0 radical (unpaired) electrons. The summed E-state index contributed by atoms with van der Waals surface area (Å²) in [5.74, 6) is 0.402. The second-order valence-corrected chi connectivity index (χ2v) is 4.65. The highest BCUT2D eigenvalue weighted by Crippen LogP contribution is 2.29. The summed E-state index contributed by atoms with van der Waals surface area (Å²) in [5, 5.41) is 25.5. The largest absolute Gasteiger partial charge is 0.301 e. The van der Waals surface area contributed by atoms with E-state index in [0.717, 1.165) is 18.9 Å². The molecule has 2 rings (SSSR count). The van der Waals surface area contributed by atoms with Gasteiger partial charge >= 0.3 is 5.69 Å². The highest BCUT2D eigenvalue weighted by Gasteiger charge is 2.19. The summed E-state index contributed by atoms with van der Waals surface area (Å²) in [4.78, 5) is 20.2. The number of anilines is 1. The molecule has 0 aromatic heterocycles. The Kier molecular flexibility index (Phi) is 4.24. The van der Waals surface area contributed by atoms with Crippen LogP contribution in [0, 0.1) is 26.1 Å². The molecule has 0 bridgehead atoms. The van der Waals surface area contributed by atoms with Gasteiger partial charge in [0.05, 0.1) is 15.9 Å². The van der Waals surface area contributed by atoms with Crippen LogP contribution in [0.5, 0.6) is 0 Å². The molecule has 0 spiro atoms. The molecule has 1 aromatic carbocycles. The summed E-state index contributed by atoms with van der Waals surface area (Å²) in [7, 11) is 0. The van der Waals surface area contributed by atoms with Crippen LogP contribution in [0.3, 0.4) is 0 Å². The van der Waals surface area contributed by atoms with Crippen LogP contribution in [-0.2, 0) is 0 Å². The Morgan fingerprint density at radius 1 is 1.20 bits per heavy atom. The number of nitro benzene ring substituents is 2. The molecule has 0 unspecified atom stereocenters. The van der Waals surface area contributed by atoms with Crippen LogP contribution in [0.15, 0.2) is 23.3 Å². The van der Waals surface area contributed by atoms with Crippen LogP contribution in [0.1, 0.15) is 25.7 Å². The van der Waals surface area contributed by atoms with Gasteiger partial charge in [0.2, 0.25) is 0 Å². The minimum absolute atomic E-state index is 0.148. The predicted molar refractivity (Wildman–Crippen MR) is 73.8 cm³/mol. The maximum absolute atomic E-state index is 10.9. The second-order valence-electron chi connectivity index (χ2n) is 4.65. The first kappa shape index (κ1) is 13.9. The van der Waals surface area contributed by atoms with E-state index in [9.17, 15) is 20.2 Å². The number of hydrogen-bond donors (Lipinski definition) is 1. The van der Waals surface area contributed by atoms with E-state index in [0.29, 0.717) is 5.92 Å². The fourth-order valence-electron chi connectivity index (χ4n) is 2.20. The predicted octanol–water partition coefficient (Wildman–Crippen LogP) is 3.09. The molecule has 0 saturated heterocycles. The minimum Gasteiger partial charge on any atom is -0.272 e. The summed E-state index contributed by atoms with van der Waals surface area (Å²) in [5.41, 5.74) is 2.06. The van der Waals surface area contributed by atoms with Crippen molar-refractivity contribution < 1.29 is 9.85 Å². The molecule has 1 aliphatic carbocycles. The van der Waals surface area contributed by atoms with Gasteiger partial charge in [-0.25, -0.2) is 0 Å². The molecule has 0 atom stereocenters. The van der Waals surface area contributed by atoms with Gasteiger partial charge in [-0.15, -0.1) is 0 Å². The maximum atomic E-state index is 10.9. The van der Waals surface area contributed by atoms with Crippen molar-refractivity contribution >= 4 is 23.3 Å². The number of hydrogen-bond acceptors (Lipinski definition) is 6. The smallest absolute Gasteiger partial charge is 0.272 e. The molecule has 1 aromatic rings. The van der Waals surface area contributed by atoms with Crippen molar-refractivity contribution in [2.24, 2.45) is 11.0 Å². The standard InChI is InChI=1S/C12H14N4O4/c17-15(18)10-5-6-11(12(7-10)16(19)20)14-13-8-9-3-1-2-4-9/h5-9,14H,1-4H2/b13-8+. The van der Waals surface area contributed by atoms with Crippen molar-refractivity contribution in [3.63, 3.8) is 0 Å². The van der Waals surface area contributed by atoms with E-state index < -0.39 is 9.85 Å². The van der Waals surface area contributed by atoms with Crippen LogP contribution in [0.25, 0.3) is 0 Å². The molecule has 1 fully saturated rings. The zero-order chi connectivity index (χ0) is 14.5. The maximum Gasteiger partial charge on any atom is 0.301 e. The van der Waals surface area contributed by atoms with Crippen molar-refractivity contribution in [1.82, 2.24) is 0 Å². The van der Waals surface area contributed by atoms with E-state index in [1.807, 2.05) is 0 Å². The van der Waals surface area contributed by atoms with Gasteiger partial charge in [0.15, 0.2) is 0 Å². The Labute approximate surface area is 114 Å². The normalized spacial score (nSPS) is 15.6. The van der Waals surface area contributed by atoms with E-state index in [2.05, 4.69) is 10.5 Å². The third-order valence-electron chi connectivity index (χ3n) is 3.26. The topological polar surface area (TPSA) is 111 Å². The number of rotatable bonds is 5. The molecule has 8 nitrogen and oxygen atoms in total. The van der Waals surface area contributed by atoms with E-state index in [1.165, 1.54) is 25.0 Å². The van der Waals surface area contributed by atoms with Gasteiger partial charge in [-0.05, 0) is 24.8 Å². The van der Waals surface area contributed by atoms with Crippen molar-refractivity contribution in [2.45, 2.75) is 25.7 Å². The van der Waals surface area contributed by atoms with Crippen molar-refractivity contribution in [3.05, 3.63) is 38.4 Å². The summed E-state index contributed by atoms with van der Waals surface area (Å²) in [6.07, 6.45) is 6.25. The number of benzene rings is 1. The first-order valence-electron chi connectivity index (χ1n) is 6.30. The van der Waals surface area contributed by atoms with Crippen LogP contribution in [0.4, 0.5) is 17.1 Å². The zero-order valence-electron chi connectivity index (χ0n) is 10.7. The lowest BCUT2D eigenvalue weighted by molar-refractivity contribution is -0.393. The lowest BCUT2D eigenvalue weighted by atomic mass is 10.1. The van der Waals surface area contributed by atoms with Gasteiger partial charge in [0.25, 0.3) is 5.69 Å². The average molecular weight is 278 g/mol. The molecule has 1 aliphatic rings. The molecule has 0 amide bonds. The number of nitrogens with zero attached hydrogens (tertiary/aromatic N) is 3. The number of nitro groups is 2. The molecule has 0 aliphatic heterocycles. The fraction of sp³-hybridized carbons (Fsp3) is 0.417. The molecule has 20 heavy (non-hydrogen) atoms. The first-order chi connectivity index (χ1) is 9.58. The van der Waals surface area contributed by atoms with Crippen molar-refractivity contribution in [3.8, 4) is 0 Å². The van der Waals surface area contributed by atoms with Gasteiger partial charge in [0, 0.05) is 12.3 Å². The van der Waals surface area contributed by atoms with Crippen LogP contribution in [0.2, 0.25) is 0 Å². The van der Waals surface area contributed by atoms with Crippen LogP contribution in [-0.4, -0.2) is 16.1 Å². The third kappa shape index (κ3) is 3.28. The third-order valence-corrected chi connectivity index (χ3v) is 3.26. The molecular weight excluding hydrogens is 264 g/mol. The van der Waals surface area contributed by atoms with E-state index in [-0.39, 0.29) is 17.1 Å². The zero-order valence-corrected chi connectivity index (χ0v) is 10.7. The van der Waals surface area contributed by atoms with E-state index in [1.54, 1.807) is 6.21 Å². The summed E-state index contributed by atoms with van der Waals surface area (Å²) in [6, 6.07) is 3.43. The molecule has 8 heteroatoms. The van der Waals surface area contributed by atoms with E-state index >= 15 is 0 Å². The van der Waals surface area contributed by atoms with Crippen molar-refractivity contribution in [1.29, 1.82) is 0 Å². The summed E-state index contributed by atoms with van der Waals surface area (Å²) < 4.78 is 0. The molecule has 1 saturated carbocycles. The Morgan fingerprint density at radius 3 is 2.50 bits per heavy atom. The average Bonchev–Trinajstić information content (AvgIpc) is 2.91. The Hall–Kier alpha value is -2.51. The number of nitrogens with one attached hydrogen (secondary N) is 1. The number of hydrazone groups is 1. The highest BCUT2D eigenvalue weighted by molar-refractivity contribution is 5.68. The summed E-state index contributed by atoms with van der Waals surface area (Å²) >= 11 is 0. The Bertz CT molecular complexity index is 552.